The van der Waals surface area contributed by atoms with Gasteiger partial charge >= 0.3 is 0 Å². The molecule has 0 aliphatic carbocycles. The molecule has 4 rings (SSSR count). The zero-order valence-electron chi connectivity index (χ0n) is 17.5. The number of amides is 2. The van der Waals surface area contributed by atoms with Crippen LogP contribution in [0.25, 0.3) is 5.69 Å². The number of nitrogens with zero attached hydrogens (tertiary/aromatic N) is 5. The second kappa shape index (κ2) is 8.96. The van der Waals surface area contributed by atoms with Crippen LogP contribution in [-0.2, 0) is 11.3 Å². The summed E-state index contributed by atoms with van der Waals surface area (Å²) in [5, 5.41) is 21.8. The number of aromatic nitrogens is 3. The summed E-state index contributed by atoms with van der Waals surface area (Å²) in [7, 11) is 0. The number of benzene rings is 2. The highest BCUT2D eigenvalue weighted by Crippen LogP contribution is 2.22. The fourth-order valence-corrected chi connectivity index (χ4v) is 3.70. The lowest BCUT2D eigenvalue weighted by Gasteiger charge is -2.27. The Morgan fingerprint density at radius 2 is 1.94 bits per heavy atom. The molecule has 1 aliphatic heterocycles. The summed E-state index contributed by atoms with van der Waals surface area (Å²) in [5.74, 6) is -0.288. The number of nitrogens with one attached hydrogen (secondary N) is 1. The SMILES string of the molecule is Cc1c(C(=O)NCc2cccc(N3CCCCC3=O)c2)nnn1-c1cccc([N+](=O)[O-])c1. The van der Waals surface area contributed by atoms with Crippen molar-refractivity contribution in [1.29, 1.82) is 0 Å². The summed E-state index contributed by atoms with van der Waals surface area (Å²) >= 11 is 0. The van der Waals surface area contributed by atoms with Crippen molar-refractivity contribution < 1.29 is 14.5 Å². The van der Waals surface area contributed by atoms with Gasteiger partial charge in [-0.1, -0.05) is 23.4 Å². The summed E-state index contributed by atoms with van der Waals surface area (Å²) in [5.41, 5.74) is 2.67. The second-order valence-electron chi connectivity index (χ2n) is 7.57. The van der Waals surface area contributed by atoms with Crippen LogP contribution in [0.5, 0.6) is 0 Å². The van der Waals surface area contributed by atoms with Crippen LogP contribution in [0.4, 0.5) is 11.4 Å². The molecule has 1 fully saturated rings. The summed E-state index contributed by atoms with van der Waals surface area (Å²) in [6.45, 7) is 2.64. The first-order valence-electron chi connectivity index (χ1n) is 10.3. The lowest BCUT2D eigenvalue weighted by atomic mass is 10.1. The normalized spacial score (nSPS) is 13.8. The molecule has 2 amide bonds. The van der Waals surface area contributed by atoms with Gasteiger partial charge in [-0.25, -0.2) is 4.68 Å². The molecule has 2 aromatic carbocycles. The molecule has 0 unspecified atom stereocenters. The Bertz CT molecular complexity index is 1190. The van der Waals surface area contributed by atoms with Crippen LogP contribution in [0, 0.1) is 17.0 Å². The first-order valence-corrected chi connectivity index (χ1v) is 10.3. The predicted molar refractivity (Wildman–Crippen MR) is 117 cm³/mol. The van der Waals surface area contributed by atoms with Crippen LogP contribution in [0.2, 0.25) is 0 Å². The van der Waals surface area contributed by atoms with E-state index in [9.17, 15) is 19.7 Å². The molecule has 0 saturated carbocycles. The first-order chi connectivity index (χ1) is 15.4. The van der Waals surface area contributed by atoms with Gasteiger partial charge < -0.3 is 10.2 Å². The van der Waals surface area contributed by atoms with Crippen LogP contribution < -0.4 is 10.2 Å². The molecule has 10 nitrogen and oxygen atoms in total. The van der Waals surface area contributed by atoms with Gasteiger partial charge in [-0.3, -0.25) is 19.7 Å². The molecular formula is C22H22N6O4. The van der Waals surface area contributed by atoms with E-state index < -0.39 is 10.8 Å². The third-order valence-corrected chi connectivity index (χ3v) is 5.39. The van der Waals surface area contributed by atoms with Crippen molar-refractivity contribution in [2.75, 3.05) is 11.4 Å². The molecule has 0 radical (unpaired) electrons. The Balaban J connectivity index is 1.46. The van der Waals surface area contributed by atoms with Gasteiger partial charge in [0.1, 0.15) is 0 Å². The number of non-ortho nitro benzene ring substituents is 1. The maximum atomic E-state index is 12.7. The molecule has 32 heavy (non-hydrogen) atoms. The van der Waals surface area contributed by atoms with Crippen LogP contribution in [0.15, 0.2) is 48.5 Å². The molecular weight excluding hydrogens is 412 g/mol. The monoisotopic (exact) mass is 434 g/mol. The van der Waals surface area contributed by atoms with E-state index in [2.05, 4.69) is 15.6 Å². The van der Waals surface area contributed by atoms with Crippen molar-refractivity contribution in [2.45, 2.75) is 32.7 Å². The minimum atomic E-state index is -0.491. The van der Waals surface area contributed by atoms with Crippen LogP contribution in [-0.4, -0.2) is 38.3 Å². The van der Waals surface area contributed by atoms with Gasteiger partial charge in [-0.15, -0.1) is 5.10 Å². The highest BCUT2D eigenvalue weighted by Gasteiger charge is 2.21. The molecule has 1 aliphatic rings. The fourth-order valence-electron chi connectivity index (χ4n) is 3.70. The Kier molecular flexibility index (Phi) is 5.93. The predicted octanol–water partition coefficient (Wildman–Crippen LogP) is 2.93. The van der Waals surface area contributed by atoms with E-state index in [1.807, 2.05) is 24.3 Å². The third kappa shape index (κ3) is 4.34. The number of piperidine rings is 1. The average molecular weight is 434 g/mol. The van der Waals surface area contributed by atoms with Gasteiger partial charge in [0.25, 0.3) is 11.6 Å². The average Bonchev–Trinajstić information content (AvgIpc) is 3.19. The van der Waals surface area contributed by atoms with E-state index in [0.29, 0.717) is 24.3 Å². The second-order valence-corrected chi connectivity index (χ2v) is 7.57. The van der Waals surface area contributed by atoms with E-state index in [1.54, 1.807) is 24.0 Å². The maximum absolute atomic E-state index is 12.7. The molecule has 1 N–H and O–H groups in total. The minimum absolute atomic E-state index is 0.0736. The zero-order chi connectivity index (χ0) is 22.7. The number of nitro benzene ring substituents is 1. The molecule has 164 valence electrons. The van der Waals surface area contributed by atoms with Gasteiger partial charge in [-0.05, 0) is 43.5 Å². The smallest absolute Gasteiger partial charge is 0.274 e. The molecule has 0 atom stereocenters. The van der Waals surface area contributed by atoms with Crippen molar-refractivity contribution in [3.63, 3.8) is 0 Å². The number of rotatable bonds is 6. The Morgan fingerprint density at radius 3 is 2.72 bits per heavy atom. The van der Waals surface area contributed by atoms with Crippen molar-refractivity contribution in [2.24, 2.45) is 0 Å². The van der Waals surface area contributed by atoms with Gasteiger partial charge in [0.15, 0.2) is 5.69 Å². The summed E-state index contributed by atoms with van der Waals surface area (Å²) in [4.78, 5) is 37.2. The van der Waals surface area contributed by atoms with Gasteiger partial charge in [0, 0.05) is 37.3 Å². The molecule has 10 heteroatoms. The molecule has 3 aromatic rings. The number of carbonyl (C=O) groups excluding carboxylic acids is 2. The van der Waals surface area contributed by atoms with E-state index in [1.165, 1.54) is 16.8 Å². The van der Waals surface area contributed by atoms with E-state index in [-0.39, 0.29) is 23.8 Å². The van der Waals surface area contributed by atoms with E-state index in [4.69, 9.17) is 0 Å². The molecule has 0 spiro atoms. The van der Waals surface area contributed by atoms with Gasteiger partial charge in [0.2, 0.25) is 5.91 Å². The number of anilines is 1. The summed E-state index contributed by atoms with van der Waals surface area (Å²) < 4.78 is 1.39. The van der Waals surface area contributed by atoms with Crippen LogP contribution in [0.1, 0.15) is 41.0 Å². The van der Waals surface area contributed by atoms with Crippen molar-refractivity contribution >= 4 is 23.2 Å². The molecule has 1 aromatic heterocycles. The van der Waals surface area contributed by atoms with Crippen molar-refractivity contribution in [3.8, 4) is 5.69 Å². The number of nitro groups is 1. The molecule has 1 saturated heterocycles. The van der Waals surface area contributed by atoms with Crippen molar-refractivity contribution in [1.82, 2.24) is 20.3 Å². The highest BCUT2D eigenvalue weighted by molar-refractivity contribution is 5.94. The van der Waals surface area contributed by atoms with E-state index >= 15 is 0 Å². The zero-order valence-corrected chi connectivity index (χ0v) is 17.5. The maximum Gasteiger partial charge on any atom is 0.274 e. The number of carbonyl (C=O) groups is 2. The van der Waals surface area contributed by atoms with Crippen molar-refractivity contribution in [3.05, 3.63) is 75.6 Å². The Hall–Kier alpha value is -4.08. The number of hydrogen-bond acceptors (Lipinski definition) is 6. The van der Waals surface area contributed by atoms with Crippen LogP contribution in [0.3, 0.4) is 0 Å². The van der Waals surface area contributed by atoms with E-state index in [0.717, 1.165) is 24.1 Å². The topological polar surface area (TPSA) is 123 Å². The Morgan fingerprint density at radius 1 is 1.16 bits per heavy atom. The summed E-state index contributed by atoms with van der Waals surface area (Å²) in [6.07, 6.45) is 2.45. The molecule has 2 heterocycles. The lowest BCUT2D eigenvalue weighted by molar-refractivity contribution is -0.384. The molecule has 0 bridgehead atoms. The first kappa shape index (κ1) is 21.2. The van der Waals surface area contributed by atoms with Gasteiger partial charge in [0.05, 0.1) is 16.3 Å². The number of hydrogen-bond donors (Lipinski definition) is 1. The van der Waals surface area contributed by atoms with Gasteiger partial charge in [-0.2, -0.15) is 0 Å². The standard InChI is InChI=1S/C22H22N6O4/c1-15-21(24-25-27(15)18-8-5-9-19(13-18)28(31)32)22(30)23-14-16-6-4-7-17(12-16)26-11-3-2-10-20(26)29/h4-9,12-13H,2-3,10-11,14H2,1H3,(H,23,30). The fraction of sp³-hybridized carbons (Fsp3) is 0.273. The lowest BCUT2D eigenvalue weighted by Crippen LogP contribution is -2.35. The Labute approximate surface area is 184 Å². The van der Waals surface area contributed by atoms with Crippen LogP contribution >= 0.6 is 0 Å². The largest absolute Gasteiger partial charge is 0.347 e. The summed E-state index contributed by atoms with van der Waals surface area (Å²) in [6, 6.07) is 13.5. The third-order valence-electron chi connectivity index (χ3n) is 5.39. The quantitative estimate of drug-likeness (QED) is 0.470. The minimum Gasteiger partial charge on any atom is -0.347 e. The highest BCUT2D eigenvalue weighted by atomic mass is 16.6.